The van der Waals surface area contributed by atoms with Gasteiger partial charge in [-0.15, -0.1) is 0 Å². The van der Waals surface area contributed by atoms with Crippen molar-refractivity contribution in [1.29, 1.82) is 0 Å². The molecule has 0 radical (unpaired) electrons. The minimum atomic E-state index is 0.625. The fraction of sp³-hybridized carbons (Fsp3) is 0.333. The fourth-order valence-corrected chi connectivity index (χ4v) is 1.84. The molecule has 1 aromatic carbocycles. The van der Waals surface area contributed by atoms with E-state index in [0.717, 1.165) is 36.0 Å². The van der Waals surface area contributed by atoms with E-state index in [4.69, 9.17) is 14.9 Å². The van der Waals surface area contributed by atoms with Gasteiger partial charge in [-0.1, -0.05) is 6.07 Å². The average molecular weight is 260 g/mol. The van der Waals surface area contributed by atoms with E-state index < -0.39 is 0 Å². The van der Waals surface area contributed by atoms with Crippen LogP contribution in [0.25, 0.3) is 0 Å². The summed E-state index contributed by atoms with van der Waals surface area (Å²) in [5.41, 5.74) is 6.41. The molecule has 19 heavy (non-hydrogen) atoms. The van der Waals surface area contributed by atoms with E-state index in [1.54, 1.807) is 0 Å². The highest BCUT2D eigenvalue weighted by Gasteiger charge is 2.04. The zero-order valence-electron chi connectivity index (χ0n) is 11.4. The van der Waals surface area contributed by atoms with Crippen molar-refractivity contribution >= 4 is 5.69 Å². The fourth-order valence-electron chi connectivity index (χ4n) is 1.84. The number of nitrogen functional groups attached to an aromatic ring is 1. The summed E-state index contributed by atoms with van der Waals surface area (Å²) in [4.78, 5) is 2.16. The van der Waals surface area contributed by atoms with Gasteiger partial charge in [0, 0.05) is 18.3 Å². The molecule has 0 saturated heterocycles. The third-order valence-corrected chi connectivity index (χ3v) is 2.82. The summed E-state index contributed by atoms with van der Waals surface area (Å²) >= 11 is 0. The molecule has 2 rings (SSSR count). The SMILES string of the molecule is Cc1ccc(CN(C)CCOc2cccc(N)c2)o1. The van der Waals surface area contributed by atoms with Crippen LogP contribution < -0.4 is 10.5 Å². The largest absolute Gasteiger partial charge is 0.492 e. The number of benzene rings is 1. The highest BCUT2D eigenvalue weighted by atomic mass is 16.5. The summed E-state index contributed by atoms with van der Waals surface area (Å²) in [7, 11) is 2.04. The molecular formula is C15H20N2O2. The minimum absolute atomic E-state index is 0.625. The molecule has 0 saturated carbocycles. The predicted octanol–water partition coefficient (Wildman–Crippen LogP) is 2.68. The molecule has 0 unspecified atom stereocenters. The third-order valence-electron chi connectivity index (χ3n) is 2.82. The maximum Gasteiger partial charge on any atom is 0.121 e. The first-order chi connectivity index (χ1) is 9.13. The second kappa shape index (κ2) is 6.29. The Bertz CT molecular complexity index is 522. The van der Waals surface area contributed by atoms with Crippen LogP contribution in [0.15, 0.2) is 40.8 Å². The van der Waals surface area contributed by atoms with Crippen molar-refractivity contribution in [3.63, 3.8) is 0 Å². The van der Waals surface area contributed by atoms with Gasteiger partial charge in [0.15, 0.2) is 0 Å². The summed E-state index contributed by atoms with van der Waals surface area (Å²) in [6, 6.07) is 11.5. The first kappa shape index (κ1) is 13.5. The molecule has 102 valence electrons. The van der Waals surface area contributed by atoms with E-state index in [0.29, 0.717) is 6.61 Å². The first-order valence-corrected chi connectivity index (χ1v) is 6.35. The van der Waals surface area contributed by atoms with E-state index in [2.05, 4.69) is 4.90 Å². The van der Waals surface area contributed by atoms with Crippen LogP contribution in [0.2, 0.25) is 0 Å². The van der Waals surface area contributed by atoms with Gasteiger partial charge in [-0.25, -0.2) is 0 Å². The Morgan fingerprint density at radius 3 is 2.79 bits per heavy atom. The summed E-state index contributed by atoms with van der Waals surface area (Å²) < 4.78 is 11.2. The predicted molar refractivity (Wildman–Crippen MR) is 76.1 cm³/mol. The topological polar surface area (TPSA) is 51.6 Å². The molecule has 0 fully saturated rings. The maximum atomic E-state index is 5.69. The number of hydrogen-bond acceptors (Lipinski definition) is 4. The average Bonchev–Trinajstić information content (AvgIpc) is 2.75. The Kier molecular flexibility index (Phi) is 4.47. The van der Waals surface area contributed by atoms with Crippen molar-refractivity contribution in [2.24, 2.45) is 0 Å². The Balaban J connectivity index is 1.73. The number of aryl methyl sites for hydroxylation is 1. The van der Waals surface area contributed by atoms with Crippen LogP contribution >= 0.6 is 0 Å². The molecule has 4 nitrogen and oxygen atoms in total. The molecule has 0 aliphatic carbocycles. The molecule has 0 atom stereocenters. The number of ether oxygens (including phenoxy) is 1. The lowest BCUT2D eigenvalue weighted by atomic mass is 10.3. The molecular weight excluding hydrogens is 240 g/mol. The number of anilines is 1. The van der Waals surface area contributed by atoms with E-state index in [-0.39, 0.29) is 0 Å². The van der Waals surface area contributed by atoms with Crippen molar-refractivity contribution in [2.45, 2.75) is 13.5 Å². The van der Waals surface area contributed by atoms with Crippen LogP contribution in [0.5, 0.6) is 5.75 Å². The lowest BCUT2D eigenvalue weighted by Gasteiger charge is -2.15. The summed E-state index contributed by atoms with van der Waals surface area (Å²) in [6.07, 6.45) is 0. The molecule has 2 aromatic rings. The van der Waals surface area contributed by atoms with Gasteiger partial charge < -0.3 is 14.9 Å². The van der Waals surface area contributed by atoms with E-state index in [1.807, 2.05) is 50.4 Å². The van der Waals surface area contributed by atoms with Crippen molar-refractivity contribution in [3.8, 4) is 5.75 Å². The highest BCUT2D eigenvalue weighted by molar-refractivity contribution is 5.43. The van der Waals surface area contributed by atoms with Gasteiger partial charge in [0.2, 0.25) is 0 Å². The maximum absolute atomic E-state index is 5.69. The van der Waals surface area contributed by atoms with Gasteiger partial charge in [0.1, 0.15) is 23.9 Å². The number of rotatable bonds is 6. The molecule has 4 heteroatoms. The molecule has 1 heterocycles. The summed E-state index contributed by atoms with van der Waals surface area (Å²) in [5, 5.41) is 0. The van der Waals surface area contributed by atoms with Crippen LogP contribution in [0.1, 0.15) is 11.5 Å². The summed E-state index contributed by atoms with van der Waals surface area (Å²) in [5.74, 6) is 2.73. The van der Waals surface area contributed by atoms with E-state index >= 15 is 0 Å². The van der Waals surface area contributed by atoms with Crippen molar-refractivity contribution in [3.05, 3.63) is 47.9 Å². The third kappa shape index (κ3) is 4.34. The standard InChI is InChI=1S/C15H20N2O2/c1-12-6-7-15(19-12)11-17(2)8-9-18-14-5-3-4-13(16)10-14/h3-7,10H,8-9,11,16H2,1-2H3. The van der Waals surface area contributed by atoms with Gasteiger partial charge in [0.05, 0.1) is 6.54 Å². The quantitative estimate of drug-likeness (QED) is 0.811. The summed E-state index contributed by atoms with van der Waals surface area (Å²) in [6.45, 7) is 4.19. The number of nitrogens with zero attached hydrogens (tertiary/aromatic N) is 1. The lowest BCUT2D eigenvalue weighted by molar-refractivity contribution is 0.221. The van der Waals surface area contributed by atoms with Crippen LogP contribution in [0.3, 0.4) is 0 Å². The zero-order valence-corrected chi connectivity index (χ0v) is 11.4. The Morgan fingerprint density at radius 1 is 1.26 bits per heavy atom. The highest BCUT2D eigenvalue weighted by Crippen LogP contribution is 2.14. The van der Waals surface area contributed by atoms with Crippen LogP contribution in [-0.2, 0) is 6.54 Å². The normalized spacial score (nSPS) is 10.9. The van der Waals surface area contributed by atoms with Crippen molar-refractivity contribution in [1.82, 2.24) is 4.90 Å². The number of hydrogen-bond donors (Lipinski definition) is 1. The van der Waals surface area contributed by atoms with Crippen LogP contribution in [-0.4, -0.2) is 25.1 Å². The van der Waals surface area contributed by atoms with Gasteiger partial charge in [-0.2, -0.15) is 0 Å². The van der Waals surface area contributed by atoms with Crippen LogP contribution in [0.4, 0.5) is 5.69 Å². The number of nitrogens with two attached hydrogens (primary N) is 1. The molecule has 0 bridgehead atoms. The molecule has 1 aromatic heterocycles. The van der Waals surface area contributed by atoms with Gasteiger partial charge in [0.25, 0.3) is 0 Å². The monoisotopic (exact) mass is 260 g/mol. The molecule has 2 N–H and O–H groups in total. The minimum Gasteiger partial charge on any atom is -0.492 e. The second-order valence-electron chi connectivity index (χ2n) is 4.67. The zero-order chi connectivity index (χ0) is 13.7. The van der Waals surface area contributed by atoms with E-state index in [1.165, 1.54) is 0 Å². The lowest BCUT2D eigenvalue weighted by Crippen LogP contribution is -2.23. The van der Waals surface area contributed by atoms with Crippen LogP contribution in [0, 0.1) is 6.92 Å². The molecule has 0 spiro atoms. The van der Waals surface area contributed by atoms with Gasteiger partial charge in [-0.05, 0) is 38.2 Å². The number of furan rings is 1. The molecule has 0 aliphatic rings. The van der Waals surface area contributed by atoms with E-state index in [9.17, 15) is 0 Å². The Hall–Kier alpha value is -1.94. The first-order valence-electron chi connectivity index (χ1n) is 6.35. The Labute approximate surface area is 113 Å². The Morgan fingerprint density at radius 2 is 2.11 bits per heavy atom. The smallest absolute Gasteiger partial charge is 0.121 e. The second-order valence-corrected chi connectivity index (χ2v) is 4.67. The van der Waals surface area contributed by atoms with Gasteiger partial charge >= 0.3 is 0 Å². The number of likely N-dealkylation sites (N-methyl/N-ethyl adjacent to an activating group) is 1. The van der Waals surface area contributed by atoms with Crippen molar-refractivity contribution in [2.75, 3.05) is 25.9 Å². The van der Waals surface area contributed by atoms with Gasteiger partial charge in [-0.3, -0.25) is 4.90 Å². The van der Waals surface area contributed by atoms with Crippen molar-refractivity contribution < 1.29 is 9.15 Å². The molecule has 0 aliphatic heterocycles. The molecule has 0 amide bonds.